The molecule has 2 rings (SSSR count). The Morgan fingerprint density at radius 1 is 1.19 bits per heavy atom. The first-order valence-corrected chi connectivity index (χ1v) is 8.18. The van der Waals surface area contributed by atoms with E-state index in [2.05, 4.69) is 61.1 Å². The molecule has 4 nitrogen and oxygen atoms in total. The van der Waals surface area contributed by atoms with Crippen LogP contribution in [0.15, 0.2) is 12.4 Å². The lowest BCUT2D eigenvalue weighted by atomic mass is 9.86. The Bertz CT molecular complexity index is 448. The molecule has 1 aliphatic carbocycles. The first kappa shape index (κ1) is 16.2. The molecule has 1 saturated carbocycles. The fourth-order valence-electron chi connectivity index (χ4n) is 2.93. The van der Waals surface area contributed by atoms with Gasteiger partial charge < -0.3 is 10.2 Å². The minimum absolute atomic E-state index is 0.113. The fourth-order valence-corrected chi connectivity index (χ4v) is 2.93. The van der Waals surface area contributed by atoms with Crippen LogP contribution in [-0.4, -0.2) is 41.0 Å². The van der Waals surface area contributed by atoms with E-state index in [1.807, 2.05) is 0 Å². The summed E-state index contributed by atoms with van der Waals surface area (Å²) in [7, 11) is 4.36. The Morgan fingerprint density at radius 3 is 2.43 bits per heavy atom. The first-order chi connectivity index (χ1) is 9.92. The lowest BCUT2D eigenvalue weighted by Crippen LogP contribution is -2.36. The van der Waals surface area contributed by atoms with Crippen molar-refractivity contribution >= 4 is 5.82 Å². The molecule has 1 aromatic rings. The Hall–Kier alpha value is -1.16. The standard InChI is InChI=1S/C17H30N4/c1-6-17(2,3)15-11-16(19-12-18-15)20-13-7-9-14(10-8-13)21(4)5/h11-14H,6-10H2,1-5H3,(H,18,19,20). The zero-order valence-corrected chi connectivity index (χ0v) is 14.2. The second kappa shape index (κ2) is 6.73. The summed E-state index contributed by atoms with van der Waals surface area (Å²) in [4.78, 5) is 11.2. The summed E-state index contributed by atoms with van der Waals surface area (Å²) in [5.74, 6) is 0.981. The monoisotopic (exact) mass is 290 g/mol. The molecule has 21 heavy (non-hydrogen) atoms. The van der Waals surface area contributed by atoms with E-state index in [0.29, 0.717) is 6.04 Å². The largest absolute Gasteiger partial charge is 0.367 e. The molecular formula is C17H30N4. The molecule has 0 atom stereocenters. The Morgan fingerprint density at radius 2 is 1.86 bits per heavy atom. The SMILES string of the molecule is CCC(C)(C)c1cc(NC2CCC(N(C)C)CC2)ncn1. The molecule has 1 aromatic heterocycles. The van der Waals surface area contributed by atoms with E-state index in [9.17, 15) is 0 Å². The van der Waals surface area contributed by atoms with Crippen LogP contribution in [0.3, 0.4) is 0 Å². The van der Waals surface area contributed by atoms with Gasteiger partial charge in [0.2, 0.25) is 0 Å². The number of anilines is 1. The molecule has 1 N–H and O–H groups in total. The molecule has 0 aliphatic heterocycles. The normalized spacial score (nSPS) is 23.3. The highest BCUT2D eigenvalue weighted by Gasteiger charge is 2.24. The van der Waals surface area contributed by atoms with Crippen LogP contribution in [0.1, 0.15) is 58.6 Å². The van der Waals surface area contributed by atoms with Gasteiger partial charge in [0.1, 0.15) is 12.1 Å². The van der Waals surface area contributed by atoms with Crippen LogP contribution in [-0.2, 0) is 5.41 Å². The predicted octanol–water partition coefficient (Wildman–Crippen LogP) is 3.45. The molecule has 1 aliphatic rings. The molecule has 0 aromatic carbocycles. The van der Waals surface area contributed by atoms with Crippen molar-refractivity contribution in [1.29, 1.82) is 0 Å². The smallest absolute Gasteiger partial charge is 0.129 e. The second-order valence-electron chi connectivity index (χ2n) is 7.14. The molecule has 0 radical (unpaired) electrons. The van der Waals surface area contributed by atoms with Crippen molar-refractivity contribution in [2.45, 2.75) is 70.4 Å². The third kappa shape index (κ3) is 4.16. The summed E-state index contributed by atoms with van der Waals surface area (Å²) in [5, 5.41) is 3.61. The summed E-state index contributed by atoms with van der Waals surface area (Å²) in [6, 6.07) is 3.42. The highest BCUT2D eigenvalue weighted by Crippen LogP contribution is 2.27. The average Bonchev–Trinajstić information content (AvgIpc) is 2.48. The van der Waals surface area contributed by atoms with E-state index in [0.717, 1.165) is 24.0 Å². The van der Waals surface area contributed by atoms with Crippen LogP contribution in [0.25, 0.3) is 0 Å². The average molecular weight is 290 g/mol. The summed E-state index contributed by atoms with van der Waals surface area (Å²) in [6.07, 6.45) is 7.75. The Balaban J connectivity index is 1.97. The minimum atomic E-state index is 0.113. The third-order valence-electron chi connectivity index (χ3n) is 5.02. The van der Waals surface area contributed by atoms with E-state index in [1.165, 1.54) is 25.7 Å². The van der Waals surface area contributed by atoms with E-state index in [1.54, 1.807) is 6.33 Å². The molecule has 4 heteroatoms. The number of nitrogens with zero attached hydrogens (tertiary/aromatic N) is 3. The van der Waals surface area contributed by atoms with Gasteiger partial charge in [0.15, 0.2) is 0 Å². The van der Waals surface area contributed by atoms with Crippen LogP contribution in [0.4, 0.5) is 5.82 Å². The van der Waals surface area contributed by atoms with Gasteiger partial charge in [0.25, 0.3) is 0 Å². The van der Waals surface area contributed by atoms with Crippen LogP contribution in [0.5, 0.6) is 0 Å². The van der Waals surface area contributed by atoms with Crippen molar-refractivity contribution in [3.05, 3.63) is 18.1 Å². The van der Waals surface area contributed by atoms with Gasteiger partial charge in [0.05, 0.1) is 5.69 Å². The number of nitrogens with one attached hydrogen (secondary N) is 1. The molecule has 0 amide bonds. The summed E-state index contributed by atoms with van der Waals surface area (Å²) < 4.78 is 0. The molecule has 0 bridgehead atoms. The second-order valence-corrected chi connectivity index (χ2v) is 7.14. The Labute approximate surface area is 129 Å². The van der Waals surface area contributed by atoms with Gasteiger partial charge in [-0.15, -0.1) is 0 Å². The van der Waals surface area contributed by atoms with Crippen LogP contribution in [0, 0.1) is 0 Å². The maximum atomic E-state index is 4.45. The highest BCUT2D eigenvalue weighted by atomic mass is 15.1. The van der Waals surface area contributed by atoms with Crippen LogP contribution < -0.4 is 5.32 Å². The zero-order valence-electron chi connectivity index (χ0n) is 14.2. The maximum absolute atomic E-state index is 4.45. The van der Waals surface area contributed by atoms with Crippen LogP contribution in [0.2, 0.25) is 0 Å². The number of hydrogen-bond acceptors (Lipinski definition) is 4. The zero-order chi connectivity index (χ0) is 15.5. The van der Waals surface area contributed by atoms with Crippen molar-refractivity contribution in [3.8, 4) is 0 Å². The van der Waals surface area contributed by atoms with E-state index in [4.69, 9.17) is 0 Å². The van der Waals surface area contributed by atoms with Crippen LogP contribution >= 0.6 is 0 Å². The Kier molecular flexibility index (Phi) is 5.20. The summed E-state index contributed by atoms with van der Waals surface area (Å²) >= 11 is 0. The number of rotatable bonds is 5. The van der Waals surface area contributed by atoms with Crippen molar-refractivity contribution in [2.75, 3.05) is 19.4 Å². The van der Waals surface area contributed by atoms with E-state index in [-0.39, 0.29) is 5.41 Å². The summed E-state index contributed by atoms with van der Waals surface area (Å²) in [5.41, 5.74) is 1.24. The third-order valence-corrected chi connectivity index (χ3v) is 5.02. The molecule has 0 spiro atoms. The van der Waals surface area contributed by atoms with Gasteiger partial charge in [-0.2, -0.15) is 0 Å². The van der Waals surface area contributed by atoms with Gasteiger partial charge in [0, 0.05) is 23.6 Å². The highest BCUT2D eigenvalue weighted by molar-refractivity contribution is 5.38. The van der Waals surface area contributed by atoms with Crippen molar-refractivity contribution in [3.63, 3.8) is 0 Å². The lowest BCUT2D eigenvalue weighted by molar-refractivity contribution is 0.221. The maximum Gasteiger partial charge on any atom is 0.129 e. The van der Waals surface area contributed by atoms with Crippen molar-refractivity contribution < 1.29 is 0 Å². The lowest BCUT2D eigenvalue weighted by Gasteiger charge is -2.33. The fraction of sp³-hybridized carbons (Fsp3) is 0.765. The minimum Gasteiger partial charge on any atom is -0.367 e. The van der Waals surface area contributed by atoms with E-state index < -0.39 is 0 Å². The number of hydrogen-bond donors (Lipinski definition) is 1. The predicted molar refractivity (Wildman–Crippen MR) is 88.7 cm³/mol. The van der Waals surface area contributed by atoms with Gasteiger partial charge in [-0.1, -0.05) is 20.8 Å². The molecule has 0 unspecified atom stereocenters. The number of aromatic nitrogens is 2. The van der Waals surface area contributed by atoms with Gasteiger partial charge in [-0.05, 0) is 46.2 Å². The molecule has 118 valence electrons. The first-order valence-electron chi connectivity index (χ1n) is 8.18. The van der Waals surface area contributed by atoms with Gasteiger partial charge in [-0.25, -0.2) is 9.97 Å². The molecule has 0 saturated heterocycles. The van der Waals surface area contributed by atoms with Crippen molar-refractivity contribution in [2.24, 2.45) is 0 Å². The van der Waals surface area contributed by atoms with Gasteiger partial charge in [-0.3, -0.25) is 0 Å². The molecule has 1 fully saturated rings. The quantitative estimate of drug-likeness (QED) is 0.902. The topological polar surface area (TPSA) is 41.0 Å². The molecular weight excluding hydrogens is 260 g/mol. The van der Waals surface area contributed by atoms with Gasteiger partial charge >= 0.3 is 0 Å². The summed E-state index contributed by atoms with van der Waals surface area (Å²) in [6.45, 7) is 6.68. The van der Waals surface area contributed by atoms with Crippen molar-refractivity contribution in [1.82, 2.24) is 14.9 Å². The molecule has 1 heterocycles. The van der Waals surface area contributed by atoms with E-state index >= 15 is 0 Å².